The van der Waals surface area contributed by atoms with Crippen LogP contribution in [0.4, 0.5) is 18.0 Å². The molecule has 0 radical (unpaired) electrons. The van der Waals surface area contributed by atoms with Crippen LogP contribution < -0.4 is 10.6 Å². The van der Waals surface area contributed by atoms with E-state index in [1.807, 2.05) is 4.90 Å². The lowest BCUT2D eigenvalue weighted by molar-refractivity contribution is -0.139. The Balaban J connectivity index is 1.69. The van der Waals surface area contributed by atoms with Crippen molar-refractivity contribution in [3.63, 3.8) is 0 Å². The van der Waals surface area contributed by atoms with Crippen molar-refractivity contribution < 1.29 is 35.9 Å². The molecular formula is C20H25F3N4O5S. The minimum absolute atomic E-state index is 0.104. The van der Waals surface area contributed by atoms with Crippen molar-refractivity contribution in [3.05, 3.63) is 41.1 Å². The summed E-state index contributed by atoms with van der Waals surface area (Å²) in [5, 5.41) is 5.24. The van der Waals surface area contributed by atoms with Gasteiger partial charge in [0.25, 0.3) is 0 Å². The van der Waals surface area contributed by atoms with Crippen LogP contribution >= 0.6 is 0 Å². The summed E-state index contributed by atoms with van der Waals surface area (Å²) in [7, 11) is -3.96. The average molecular weight is 491 g/mol. The van der Waals surface area contributed by atoms with Gasteiger partial charge < -0.3 is 15.4 Å². The number of alkyl halides is 3. The maximum atomic E-state index is 12.8. The third-order valence-corrected chi connectivity index (χ3v) is 7.31. The molecule has 2 aliphatic rings. The monoisotopic (exact) mass is 490 g/mol. The SMILES string of the molecule is CCOC(=O)C1=C(CN2CCN(S(=O)(=O)c3ccc(C(F)(F)F)cc3)CC2)NC(=O)NC1C. The minimum atomic E-state index is -4.55. The van der Waals surface area contributed by atoms with E-state index in [-0.39, 0.29) is 31.1 Å². The van der Waals surface area contributed by atoms with Crippen LogP contribution in [0.2, 0.25) is 0 Å². The number of piperazine rings is 1. The Morgan fingerprint density at radius 1 is 1.15 bits per heavy atom. The normalized spacial score (nSPS) is 20.9. The van der Waals surface area contributed by atoms with Crippen molar-refractivity contribution in [1.29, 1.82) is 0 Å². The molecule has 9 nitrogen and oxygen atoms in total. The predicted octanol–water partition coefficient (Wildman–Crippen LogP) is 1.53. The Morgan fingerprint density at radius 2 is 1.76 bits per heavy atom. The zero-order valence-corrected chi connectivity index (χ0v) is 18.9. The summed E-state index contributed by atoms with van der Waals surface area (Å²) >= 11 is 0. The van der Waals surface area contributed by atoms with E-state index in [1.165, 1.54) is 4.31 Å². The number of ether oxygens (including phenoxy) is 1. The summed E-state index contributed by atoms with van der Waals surface area (Å²) in [6.07, 6.45) is -4.55. The number of nitrogens with zero attached hydrogens (tertiary/aromatic N) is 2. The van der Waals surface area contributed by atoms with Gasteiger partial charge in [0.05, 0.1) is 28.7 Å². The van der Waals surface area contributed by atoms with Crippen LogP contribution in [0.3, 0.4) is 0 Å². The number of carbonyl (C=O) groups is 2. The van der Waals surface area contributed by atoms with Crippen molar-refractivity contribution in [3.8, 4) is 0 Å². The molecule has 33 heavy (non-hydrogen) atoms. The number of hydrogen-bond acceptors (Lipinski definition) is 6. The molecule has 1 aromatic rings. The van der Waals surface area contributed by atoms with Crippen LogP contribution in [0.1, 0.15) is 19.4 Å². The van der Waals surface area contributed by atoms with Gasteiger partial charge in [-0.2, -0.15) is 17.5 Å². The summed E-state index contributed by atoms with van der Waals surface area (Å²) in [5.74, 6) is -0.545. The van der Waals surface area contributed by atoms with Gasteiger partial charge in [-0.15, -0.1) is 0 Å². The predicted molar refractivity (Wildman–Crippen MR) is 111 cm³/mol. The molecule has 2 N–H and O–H groups in total. The lowest BCUT2D eigenvalue weighted by atomic mass is 10.0. The van der Waals surface area contributed by atoms with Gasteiger partial charge in [0, 0.05) is 38.4 Å². The highest BCUT2D eigenvalue weighted by Crippen LogP contribution is 2.30. The minimum Gasteiger partial charge on any atom is -0.463 e. The molecule has 1 unspecified atom stereocenters. The van der Waals surface area contributed by atoms with Crippen LogP contribution in [-0.4, -0.2) is 75.0 Å². The van der Waals surface area contributed by atoms with Crippen LogP contribution in [0.15, 0.2) is 40.4 Å². The molecule has 0 spiro atoms. The number of amides is 2. The molecular weight excluding hydrogens is 465 g/mol. The van der Waals surface area contributed by atoms with E-state index in [4.69, 9.17) is 4.74 Å². The zero-order chi connectivity index (χ0) is 24.4. The van der Waals surface area contributed by atoms with Crippen LogP contribution in [0.25, 0.3) is 0 Å². The summed E-state index contributed by atoms with van der Waals surface area (Å²) in [6.45, 7) is 4.54. The summed E-state index contributed by atoms with van der Waals surface area (Å²) in [4.78, 5) is 25.9. The first-order valence-corrected chi connectivity index (χ1v) is 11.7. The summed E-state index contributed by atoms with van der Waals surface area (Å²) in [6, 6.07) is 2.39. The molecule has 0 aromatic heterocycles. The molecule has 3 rings (SSSR count). The lowest BCUT2D eigenvalue weighted by Crippen LogP contribution is -2.54. The molecule has 13 heteroatoms. The van der Waals surface area contributed by atoms with E-state index in [0.717, 1.165) is 24.3 Å². The molecule has 1 saturated heterocycles. The Morgan fingerprint density at radius 3 is 2.30 bits per heavy atom. The number of carbonyl (C=O) groups excluding carboxylic acids is 2. The van der Waals surface area contributed by atoms with Crippen LogP contribution in [0, 0.1) is 0 Å². The van der Waals surface area contributed by atoms with E-state index < -0.39 is 39.8 Å². The largest absolute Gasteiger partial charge is 0.463 e. The number of rotatable bonds is 6. The molecule has 0 aliphatic carbocycles. The zero-order valence-electron chi connectivity index (χ0n) is 18.1. The van der Waals surface area contributed by atoms with Crippen molar-refractivity contribution in [1.82, 2.24) is 19.8 Å². The molecule has 1 fully saturated rings. The number of urea groups is 1. The van der Waals surface area contributed by atoms with E-state index >= 15 is 0 Å². The first-order chi connectivity index (χ1) is 15.4. The molecule has 182 valence electrons. The van der Waals surface area contributed by atoms with Gasteiger partial charge in [-0.25, -0.2) is 18.0 Å². The van der Waals surface area contributed by atoms with Crippen LogP contribution in [0.5, 0.6) is 0 Å². The van der Waals surface area contributed by atoms with Gasteiger partial charge in [0.2, 0.25) is 10.0 Å². The second-order valence-electron chi connectivity index (χ2n) is 7.64. The molecule has 2 amide bonds. The number of esters is 1. The fourth-order valence-electron chi connectivity index (χ4n) is 3.72. The van der Waals surface area contributed by atoms with Crippen molar-refractivity contribution in [2.24, 2.45) is 0 Å². The maximum Gasteiger partial charge on any atom is 0.416 e. The highest BCUT2D eigenvalue weighted by atomic mass is 32.2. The van der Waals surface area contributed by atoms with Gasteiger partial charge in [-0.1, -0.05) is 0 Å². The summed E-state index contributed by atoms with van der Waals surface area (Å²) in [5.41, 5.74) is -0.227. The molecule has 2 aliphatic heterocycles. The van der Waals surface area contributed by atoms with E-state index in [9.17, 15) is 31.2 Å². The Kier molecular flexibility index (Phi) is 7.34. The van der Waals surface area contributed by atoms with E-state index in [1.54, 1.807) is 13.8 Å². The fraction of sp³-hybridized carbons (Fsp3) is 0.500. The number of hydrogen-bond donors (Lipinski definition) is 2. The molecule has 1 aromatic carbocycles. The molecule has 0 saturated carbocycles. The lowest BCUT2D eigenvalue weighted by Gasteiger charge is -2.36. The van der Waals surface area contributed by atoms with Gasteiger partial charge >= 0.3 is 18.2 Å². The average Bonchev–Trinajstić information content (AvgIpc) is 2.73. The molecule has 1 atom stereocenters. The van der Waals surface area contributed by atoms with Gasteiger partial charge in [-0.05, 0) is 38.1 Å². The van der Waals surface area contributed by atoms with Gasteiger partial charge in [0.1, 0.15) is 0 Å². The van der Waals surface area contributed by atoms with Gasteiger partial charge in [0.15, 0.2) is 0 Å². The van der Waals surface area contributed by atoms with Crippen LogP contribution in [-0.2, 0) is 25.7 Å². The Bertz CT molecular complexity index is 1030. The quantitative estimate of drug-likeness (QED) is 0.586. The number of sulfonamides is 1. The third kappa shape index (κ3) is 5.65. The smallest absolute Gasteiger partial charge is 0.416 e. The van der Waals surface area contributed by atoms with Crippen molar-refractivity contribution in [2.75, 3.05) is 39.3 Å². The second kappa shape index (κ2) is 9.69. The number of benzene rings is 1. The first kappa shape index (κ1) is 25.0. The van der Waals surface area contributed by atoms with Crippen molar-refractivity contribution >= 4 is 22.0 Å². The second-order valence-corrected chi connectivity index (χ2v) is 9.57. The van der Waals surface area contributed by atoms with Crippen molar-refractivity contribution in [2.45, 2.75) is 31.0 Å². The molecule has 0 bridgehead atoms. The Labute approximate surface area is 189 Å². The highest BCUT2D eigenvalue weighted by molar-refractivity contribution is 7.89. The fourth-order valence-corrected chi connectivity index (χ4v) is 5.14. The first-order valence-electron chi connectivity index (χ1n) is 10.3. The third-order valence-electron chi connectivity index (χ3n) is 5.40. The topological polar surface area (TPSA) is 108 Å². The number of halogens is 3. The molecule has 2 heterocycles. The highest BCUT2D eigenvalue weighted by Gasteiger charge is 2.34. The standard InChI is InChI=1S/C20H25F3N4O5S/c1-3-32-18(28)17-13(2)24-19(29)25-16(17)12-26-8-10-27(11-9-26)33(30,31)15-6-4-14(5-7-15)20(21,22)23/h4-7,13H,3,8-12H2,1-2H3,(H2,24,25,29). The van der Waals surface area contributed by atoms with E-state index in [0.29, 0.717) is 24.4 Å². The number of nitrogens with one attached hydrogen (secondary N) is 2. The maximum absolute atomic E-state index is 12.8. The summed E-state index contributed by atoms with van der Waals surface area (Å²) < 4.78 is 70.2. The van der Waals surface area contributed by atoms with E-state index in [2.05, 4.69) is 10.6 Å². The van der Waals surface area contributed by atoms with Gasteiger partial charge in [-0.3, -0.25) is 4.90 Å². The Hall–Kier alpha value is -2.64.